The van der Waals surface area contributed by atoms with Crippen molar-refractivity contribution in [1.29, 1.82) is 0 Å². The van der Waals surface area contributed by atoms with Gasteiger partial charge in [0.1, 0.15) is 11.6 Å². The zero-order valence-corrected chi connectivity index (χ0v) is 17.4. The average molecular weight is 411 g/mol. The fraction of sp³-hybridized carbons (Fsp3) is 0.476. The van der Waals surface area contributed by atoms with Crippen LogP contribution in [0.4, 0.5) is 11.5 Å². The Bertz CT molecular complexity index is 954. The number of likely N-dealkylation sites (N-methyl/N-ethyl adjacent to an activating group) is 1. The number of nitrogens with zero attached hydrogens (tertiary/aromatic N) is 5. The Morgan fingerprint density at radius 1 is 1.17 bits per heavy atom. The van der Waals surface area contributed by atoms with E-state index in [1.807, 2.05) is 6.92 Å². The Balaban J connectivity index is 1.56. The van der Waals surface area contributed by atoms with Gasteiger partial charge in [-0.1, -0.05) is 0 Å². The van der Waals surface area contributed by atoms with Crippen LogP contribution in [0.2, 0.25) is 0 Å². The van der Waals surface area contributed by atoms with Crippen molar-refractivity contribution in [3.63, 3.8) is 0 Å². The van der Waals surface area contributed by atoms with Crippen LogP contribution >= 0.6 is 0 Å². The Labute approximate surface area is 175 Å². The van der Waals surface area contributed by atoms with E-state index in [0.717, 1.165) is 55.6 Å². The number of carbonyl (C=O) groups is 1. The summed E-state index contributed by atoms with van der Waals surface area (Å²) in [5.41, 5.74) is 2.49. The quantitative estimate of drug-likeness (QED) is 0.585. The summed E-state index contributed by atoms with van der Waals surface area (Å²) in [6, 6.07) is 5.79. The number of aromatic nitrogens is 2. The lowest BCUT2D eigenvalue weighted by molar-refractivity contribution is -0.898. The summed E-state index contributed by atoms with van der Waals surface area (Å²) < 4.78 is 0. The highest BCUT2D eigenvalue weighted by molar-refractivity contribution is 5.94. The van der Waals surface area contributed by atoms with Crippen molar-refractivity contribution in [3.05, 3.63) is 57.0 Å². The van der Waals surface area contributed by atoms with Crippen molar-refractivity contribution in [3.8, 4) is 0 Å². The van der Waals surface area contributed by atoms with E-state index >= 15 is 0 Å². The number of nitro benzene ring substituents is 1. The molecule has 1 aromatic heterocycles. The number of fused-ring (bicyclic) bond motifs is 1. The Kier molecular flexibility index (Phi) is 5.63. The number of aryl methyl sites for hydroxylation is 1. The van der Waals surface area contributed by atoms with Gasteiger partial charge in [0.15, 0.2) is 0 Å². The van der Waals surface area contributed by atoms with E-state index in [9.17, 15) is 14.9 Å². The van der Waals surface area contributed by atoms with Crippen LogP contribution in [0.25, 0.3) is 0 Å². The van der Waals surface area contributed by atoms with Gasteiger partial charge < -0.3 is 14.7 Å². The molecule has 0 aliphatic carbocycles. The van der Waals surface area contributed by atoms with Crippen molar-refractivity contribution in [2.24, 2.45) is 0 Å². The topological polar surface area (TPSA) is 96.9 Å². The first-order valence-corrected chi connectivity index (χ1v) is 10.4. The van der Waals surface area contributed by atoms with Gasteiger partial charge >= 0.3 is 0 Å². The molecule has 0 unspecified atom stereocenters. The van der Waals surface area contributed by atoms with Crippen LogP contribution < -0.4 is 9.80 Å². The predicted octanol–water partition coefficient (Wildman–Crippen LogP) is 0.617. The smallest absolute Gasteiger partial charge is 0.269 e. The highest BCUT2D eigenvalue weighted by Crippen LogP contribution is 2.28. The Hall–Kier alpha value is -3.07. The van der Waals surface area contributed by atoms with Crippen LogP contribution in [-0.2, 0) is 13.0 Å². The molecule has 1 aromatic carbocycles. The summed E-state index contributed by atoms with van der Waals surface area (Å²) in [6.07, 6.45) is 0.685. The first kappa shape index (κ1) is 20.2. The molecule has 1 fully saturated rings. The number of carbonyl (C=O) groups excluding carboxylic acids is 1. The molecule has 0 radical (unpaired) electrons. The van der Waals surface area contributed by atoms with Gasteiger partial charge in [0.25, 0.3) is 11.6 Å². The molecule has 0 atom stereocenters. The summed E-state index contributed by atoms with van der Waals surface area (Å²) in [4.78, 5) is 38.5. The van der Waals surface area contributed by atoms with Crippen LogP contribution in [0.5, 0.6) is 0 Å². The molecule has 0 spiro atoms. The molecule has 2 aliphatic rings. The van der Waals surface area contributed by atoms with Crippen LogP contribution in [0.3, 0.4) is 0 Å². The van der Waals surface area contributed by atoms with E-state index in [0.29, 0.717) is 25.1 Å². The van der Waals surface area contributed by atoms with Gasteiger partial charge in [-0.15, -0.1) is 0 Å². The molecule has 3 heterocycles. The fourth-order valence-electron chi connectivity index (χ4n) is 4.25. The predicted molar refractivity (Wildman–Crippen MR) is 112 cm³/mol. The summed E-state index contributed by atoms with van der Waals surface area (Å²) >= 11 is 0. The number of anilines is 1. The number of amides is 1. The van der Waals surface area contributed by atoms with Crippen LogP contribution in [0.15, 0.2) is 24.3 Å². The van der Waals surface area contributed by atoms with E-state index in [1.54, 1.807) is 9.80 Å². The molecule has 2 aliphatic heterocycles. The highest BCUT2D eigenvalue weighted by Gasteiger charge is 2.29. The highest BCUT2D eigenvalue weighted by atomic mass is 16.6. The molecular weight excluding hydrogens is 384 g/mol. The Morgan fingerprint density at radius 3 is 2.50 bits per heavy atom. The first-order valence-electron chi connectivity index (χ1n) is 10.4. The van der Waals surface area contributed by atoms with Crippen molar-refractivity contribution >= 4 is 17.4 Å². The minimum absolute atomic E-state index is 0.0185. The van der Waals surface area contributed by atoms with Crippen LogP contribution in [0.1, 0.15) is 34.4 Å². The maximum Gasteiger partial charge on any atom is 0.269 e. The molecule has 30 heavy (non-hydrogen) atoms. The molecule has 158 valence electrons. The van der Waals surface area contributed by atoms with E-state index in [-0.39, 0.29) is 11.6 Å². The fourth-order valence-corrected chi connectivity index (χ4v) is 4.25. The number of nitro groups is 1. The number of hydrogen-bond donors (Lipinski definition) is 1. The molecule has 1 amide bonds. The number of rotatable bonds is 4. The summed E-state index contributed by atoms with van der Waals surface area (Å²) in [6.45, 7) is 10.4. The third-order valence-corrected chi connectivity index (χ3v) is 6.03. The number of non-ortho nitro benzene ring substituents is 1. The second-order valence-electron chi connectivity index (χ2n) is 7.89. The lowest BCUT2D eigenvalue weighted by Crippen LogP contribution is -3.14. The first-order chi connectivity index (χ1) is 14.5. The maximum absolute atomic E-state index is 13.0. The molecule has 9 nitrogen and oxygen atoms in total. The van der Waals surface area contributed by atoms with Gasteiger partial charge in [-0.2, -0.15) is 0 Å². The lowest BCUT2D eigenvalue weighted by Gasteiger charge is -2.36. The zero-order valence-electron chi connectivity index (χ0n) is 17.4. The summed E-state index contributed by atoms with van der Waals surface area (Å²) in [5.74, 6) is 1.60. The van der Waals surface area contributed by atoms with Crippen molar-refractivity contribution < 1.29 is 14.6 Å². The monoisotopic (exact) mass is 411 g/mol. The molecular formula is C21H27N6O3+. The van der Waals surface area contributed by atoms with E-state index in [1.165, 1.54) is 24.3 Å². The number of hydrogen-bond acceptors (Lipinski definition) is 6. The van der Waals surface area contributed by atoms with Gasteiger partial charge in [-0.25, -0.2) is 9.97 Å². The SMILES string of the molecule is CC[NH+]1CCN(c2nc(C)nc3c2CN(C(=O)c2ccc([N+](=O)[O-])cc2)CC3)CC1. The number of piperazine rings is 1. The number of nitrogens with one attached hydrogen (secondary N) is 1. The normalized spacial score (nSPS) is 17.0. The van der Waals surface area contributed by atoms with Gasteiger partial charge in [-0.05, 0) is 26.0 Å². The molecule has 9 heteroatoms. The van der Waals surface area contributed by atoms with E-state index in [2.05, 4.69) is 16.8 Å². The van der Waals surface area contributed by atoms with Crippen LogP contribution in [-0.4, -0.2) is 65.0 Å². The largest absolute Gasteiger partial charge is 0.345 e. The second kappa shape index (κ2) is 8.35. The van der Waals surface area contributed by atoms with Crippen LogP contribution in [0, 0.1) is 17.0 Å². The third kappa shape index (κ3) is 3.97. The molecule has 1 saturated heterocycles. The maximum atomic E-state index is 13.0. The van der Waals surface area contributed by atoms with E-state index in [4.69, 9.17) is 4.98 Å². The van der Waals surface area contributed by atoms with Gasteiger partial charge in [-0.3, -0.25) is 14.9 Å². The zero-order chi connectivity index (χ0) is 21.3. The third-order valence-electron chi connectivity index (χ3n) is 6.03. The number of benzene rings is 1. The minimum Gasteiger partial charge on any atom is -0.345 e. The molecule has 1 N–H and O–H groups in total. The standard InChI is InChI=1S/C21H26N6O3/c1-3-24-10-12-25(13-11-24)20-18-14-26(9-8-19(18)22-15(2)23-20)21(28)16-4-6-17(7-5-16)27(29)30/h4-7H,3,8-14H2,1-2H3/p+1. The van der Waals surface area contributed by atoms with Gasteiger partial charge in [0.05, 0.1) is 49.9 Å². The van der Waals surface area contributed by atoms with Crippen molar-refractivity contribution in [2.45, 2.75) is 26.8 Å². The average Bonchev–Trinajstić information content (AvgIpc) is 2.78. The minimum atomic E-state index is -0.461. The van der Waals surface area contributed by atoms with E-state index < -0.39 is 4.92 Å². The van der Waals surface area contributed by atoms with Gasteiger partial charge in [0, 0.05) is 36.2 Å². The molecule has 2 aromatic rings. The number of quaternary nitrogens is 1. The Morgan fingerprint density at radius 2 is 1.87 bits per heavy atom. The molecule has 0 bridgehead atoms. The summed E-state index contributed by atoms with van der Waals surface area (Å²) in [5, 5.41) is 10.9. The molecule has 4 rings (SSSR count). The van der Waals surface area contributed by atoms with Crippen molar-refractivity contribution in [2.75, 3.05) is 44.2 Å². The second-order valence-corrected chi connectivity index (χ2v) is 7.89. The van der Waals surface area contributed by atoms with Gasteiger partial charge in [0.2, 0.25) is 0 Å². The molecule has 0 saturated carbocycles. The summed E-state index contributed by atoms with van der Waals surface area (Å²) in [7, 11) is 0. The lowest BCUT2D eigenvalue weighted by atomic mass is 10.0. The van der Waals surface area contributed by atoms with Crippen molar-refractivity contribution in [1.82, 2.24) is 14.9 Å².